The molecule has 2 heterocycles. The molecule has 0 aromatic heterocycles. The number of hydrogen-bond donors (Lipinski definition) is 1. The lowest BCUT2D eigenvalue weighted by atomic mass is 9.79. The van der Waals surface area contributed by atoms with Gasteiger partial charge in [-0.3, -0.25) is 19.3 Å². The molecule has 0 radical (unpaired) electrons. The molecule has 0 bridgehead atoms. The minimum absolute atomic E-state index is 0.0230. The lowest BCUT2D eigenvalue weighted by Crippen LogP contribution is -2.48. The Kier molecular flexibility index (Phi) is 7.18. The Morgan fingerprint density at radius 1 is 1.25 bits per heavy atom. The highest BCUT2D eigenvalue weighted by Gasteiger charge is 2.38. The summed E-state index contributed by atoms with van der Waals surface area (Å²) in [5, 5.41) is 2.32. The number of imide groups is 1. The highest BCUT2D eigenvalue weighted by atomic mass is 32.2. The van der Waals surface area contributed by atoms with Gasteiger partial charge in [0, 0.05) is 35.1 Å². The molecule has 3 amide bonds. The van der Waals surface area contributed by atoms with E-state index >= 15 is 0 Å². The summed E-state index contributed by atoms with van der Waals surface area (Å²) >= 11 is 0.843. The number of aryl methyl sites for hydroxylation is 1. The fourth-order valence-corrected chi connectivity index (χ4v) is 6.07. The topological polar surface area (TPSA) is 79.0 Å². The molecule has 7 nitrogen and oxygen atoms in total. The van der Waals surface area contributed by atoms with Gasteiger partial charge in [0.15, 0.2) is 0 Å². The largest absolute Gasteiger partial charge is 0.496 e. The number of amides is 3. The summed E-state index contributed by atoms with van der Waals surface area (Å²) in [7, 11) is 1.61. The molecule has 2 aromatic rings. The quantitative estimate of drug-likeness (QED) is 0.499. The maximum atomic E-state index is 13.1. The molecule has 1 atom stereocenters. The number of nitrogens with zero attached hydrogens (tertiary/aromatic N) is 2. The van der Waals surface area contributed by atoms with Crippen molar-refractivity contribution in [1.29, 1.82) is 0 Å². The minimum Gasteiger partial charge on any atom is -0.496 e. The van der Waals surface area contributed by atoms with Crippen molar-refractivity contribution >= 4 is 46.3 Å². The summed E-state index contributed by atoms with van der Waals surface area (Å²) in [6.07, 6.45) is 2.71. The van der Waals surface area contributed by atoms with E-state index in [0.717, 1.165) is 46.4 Å². The van der Waals surface area contributed by atoms with Crippen LogP contribution in [0.3, 0.4) is 0 Å². The van der Waals surface area contributed by atoms with E-state index in [1.807, 2.05) is 31.2 Å². The molecular weight excluding hydrogens is 474 g/mol. The lowest BCUT2D eigenvalue weighted by Gasteiger charge is -2.47. The normalized spacial score (nSPS) is 20.1. The Morgan fingerprint density at radius 2 is 1.97 bits per heavy atom. The van der Waals surface area contributed by atoms with E-state index in [1.54, 1.807) is 19.3 Å². The molecular formula is C28H33N3O4S. The molecule has 1 unspecified atom stereocenters. The van der Waals surface area contributed by atoms with Gasteiger partial charge in [0.2, 0.25) is 5.91 Å². The number of benzene rings is 2. The van der Waals surface area contributed by atoms with Crippen LogP contribution in [-0.4, -0.2) is 47.7 Å². The molecule has 1 fully saturated rings. The molecule has 36 heavy (non-hydrogen) atoms. The molecule has 4 rings (SSSR count). The highest BCUT2D eigenvalue weighted by Crippen LogP contribution is 2.46. The molecule has 1 N–H and O–H groups in total. The third-order valence-corrected chi connectivity index (χ3v) is 7.84. The first-order chi connectivity index (χ1) is 17.1. The fourth-order valence-electron chi connectivity index (χ4n) is 5.24. The van der Waals surface area contributed by atoms with Crippen LogP contribution >= 0.6 is 11.8 Å². The van der Waals surface area contributed by atoms with E-state index in [9.17, 15) is 14.4 Å². The summed E-state index contributed by atoms with van der Waals surface area (Å²) in [6, 6.07) is 11.5. The van der Waals surface area contributed by atoms with Gasteiger partial charge in [0.1, 0.15) is 12.3 Å². The van der Waals surface area contributed by atoms with Crippen molar-refractivity contribution in [2.45, 2.75) is 52.5 Å². The first kappa shape index (κ1) is 25.8. The van der Waals surface area contributed by atoms with Gasteiger partial charge >= 0.3 is 0 Å². The molecule has 0 aliphatic carbocycles. The Balaban J connectivity index is 1.59. The van der Waals surface area contributed by atoms with E-state index < -0.39 is 17.1 Å². The Bertz CT molecular complexity index is 1250. The second kappa shape index (κ2) is 10.0. The van der Waals surface area contributed by atoms with Crippen molar-refractivity contribution in [2.24, 2.45) is 0 Å². The van der Waals surface area contributed by atoms with Crippen molar-refractivity contribution < 1.29 is 19.1 Å². The molecule has 0 saturated carbocycles. The van der Waals surface area contributed by atoms with Gasteiger partial charge < -0.3 is 15.0 Å². The van der Waals surface area contributed by atoms with Crippen molar-refractivity contribution in [3.63, 3.8) is 0 Å². The van der Waals surface area contributed by atoms with Gasteiger partial charge in [0.25, 0.3) is 11.1 Å². The zero-order valence-corrected chi connectivity index (χ0v) is 22.5. The molecule has 1 saturated heterocycles. The van der Waals surface area contributed by atoms with Crippen molar-refractivity contribution in [3.8, 4) is 5.75 Å². The zero-order chi connectivity index (χ0) is 26.2. The van der Waals surface area contributed by atoms with Crippen LogP contribution in [0.25, 0.3) is 6.08 Å². The number of anilines is 2. The Hall–Kier alpha value is -3.26. The number of para-hydroxylation sites is 1. The van der Waals surface area contributed by atoms with Crippen LogP contribution in [0, 0.1) is 6.92 Å². The smallest absolute Gasteiger partial charge is 0.294 e. The fraction of sp³-hybridized carbons (Fsp3) is 0.393. The number of hydrogen-bond acceptors (Lipinski definition) is 6. The summed E-state index contributed by atoms with van der Waals surface area (Å²) in [4.78, 5) is 42.0. The van der Waals surface area contributed by atoms with E-state index in [2.05, 4.69) is 44.0 Å². The van der Waals surface area contributed by atoms with Crippen LogP contribution < -0.4 is 15.0 Å². The lowest BCUT2D eigenvalue weighted by molar-refractivity contribution is -0.127. The number of carbonyl (C=O) groups is 3. The van der Waals surface area contributed by atoms with Gasteiger partial charge in [-0.2, -0.15) is 0 Å². The van der Waals surface area contributed by atoms with Crippen molar-refractivity contribution in [1.82, 2.24) is 4.90 Å². The Labute approximate surface area is 216 Å². The highest BCUT2D eigenvalue weighted by molar-refractivity contribution is 8.18. The standard InChI is InChI=1S/C28H33N3O4S/c1-7-31-22-14-23(35-6)19(12-20(22)18(3)15-28(31,4)5)13-24-26(33)30(27(34)36-24)16-25(32)29-21-11-9-8-10-17(21)2/h8-14,18H,7,15-16H2,1-6H3,(H,29,32)/b24-13+. The van der Waals surface area contributed by atoms with Crippen LogP contribution in [0.15, 0.2) is 41.3 Å². The summed E-state index contributed by atoms with van der Waals surface area (Å²) in [6.45, 7) is 11.3. The average molecular weight is 508 g/mol. The molecule has 2 aliphatic rings. The zero-order valence-electron chi connectivity index (χ0n) is 21.7. The van der Waals surface area contributed by atoms with Crippen LogP contribution in [0.2, 0.25) is 0 Å². The van der Waals surface area contributed by atoms with Gasteiger partial charge in [-0.05, 0) is 81.1 Å². The number of rotatable bonds is 6. The number of ether oxygens (including phenoxy) is 1. The summed E-state index contributed by atoms with van der Waals surface area (Å²) < 4.78 is 5.69. The first-order valence-electron chi connectivity index (χ1n) is 12.2. The SMILES string of the molecule is CCN1c2cc(OC)c(/C=C3/SC(=O)N(CC(=O)Nc4ccccc4C)C3=O)cc2C(C)CC1(C)C. The molecule has 190 valence electrons. The number of thioether (sulfide) groups is 1. The van der Waals surface area contributed by atoms with E-state index in [-0.39, 0.29) is 17.0 Å². The third kappa shape index (κ3) is 4.87. The van der Waals surface area contributed by atoms with Gasteiger partial charge in [-0.1, -0.05) is 25.1 Å². The van der Waals surface area contributed by atoms with Crippen LogP contribution in [0.4, 0.5) is 16.2 Å². The summed E-state index contributed by atoms with van der Waals surface area (Å²) in [5.74, 6) is 0.0710. The average Bonchev–Trinajstić information content (AvgIpc) is 3.07. The predicted molar refractivity (Wildman–Crippen MR) is 146 cm³/mol. The van der Waals surface area contributed by atoms with Gasteiger partial charge in [-0.25, -0.2) is 0 Å². The van der Waals surface area contributed by atoms with Gasteiger partial charge in [0.05, 0.1) is 12.0 Å². The van der Waals surface area contributed by atoms with E-state index in [1.165, 1.54) is 5.56 Å². The van der Waals surface area contributed by atoms with E-state index in [0.29, 0.717) is 17.4 Å². The van der Waals surface area contributed by atoms with Crippen molar-refractivity contribution in [2.75, 3.05) is 30.4 Å². The monoisotopic (exact) mass is 507 g/mol. The number of methoxy groups -OCH3 is 1. The Morgan fingerprint density at radius 3 is 2.64 bits per heavy atom. The van der Waals surface area contributed by atoms with Crippen LogP contribution in [0.5, 0.6) is 5.75 Å². The molecule has 2 aliphatic heterocycles. The second-order valence-corrected chi connectivity index (χ2v) is 10.9. The van der Waals surface area contributed by atoms with Crippen molar-refractivity contribution in [3.05, 3.63) is 58.0 Å². The maximum absolute atomic E-state index is 13.1. The van der Waals surface area contributed by atoms with Crippen LogP contribution in [0.1, 0.15) is 56.7 Å². The predicted octanol–water partition coefficient (Wildman–Crippen LogP) is 5.79. The second-order valence-electron chi connectivity index (χ2n) is 9.95. The molecule has 0 spiro atoms. The first-order valence-corrected chi connectivity index (χ1v) is 13.0. The van der Waals surface area contributed by atoms with E-state index in [4.69, 9.17) is 4.74 Å². The number of carbonyl (C=O) groups excluding carboxylic acids is 3. The molecule has 8 heteroatoms. The minimum atomic E-state index is -0.478. The van der Waals surface area contributed by atoms with Gasteiger partial charge in [-0.15, -0.1) is 0 Å². The maximum Gasteiger partial charge on any atom is 0.294 e. The van der Waals surface area contributed by atoms with Crippen LogP contribution in [-0.2, 0) is 9.59 Å². The number of fused-ring (bicyclic) bond motifs is 1. The molecule has 2 aromatic carbocycles. The number of nitrogens with one attached hydrogen (secondary N) is 1. The third-order valence-electron chi connectivity index (χ3n) is 6.93. The summed E-state index contributed by atoms with van der Waals surface area (Å²) in [5.41, 5.74) is 4.65.